The maximum absolute atomic E-state index is 13.5. The normalized spacial score (nSPS) is 12.5. The molecule has 0 spiro atoms. The van der Waals surface area contributed by atoms with Crippen molar-refractivity contribution in [3.8, 4) is 0 Å². The van der Waals surface area contributed by atoms with Gasteiger partial charge in [0.1, 0.15) is 11.9 Å². The molecule has 0 aliphatic carbocycles. The smallest absolute Gasteiger partial charge is 0.194 e. The van der Waals surface area contributed by atoms with E-state index in [9.17, 15) is 22.7 Å². The van der Waals surface area contributed by atoms with Gasteiger partial charge in [-0.05, 0) is 24.3 Å². The lowest BCUT2D eigenvalue weighted by Gasteiger charge is -2.14. The number of hydrogen-bond acceptors (Lipinski definition) is 1. The van der Waals surface area contributed by atoms with E-state index >= 15 is 0 Å². The fourth-order valence-electron chi connectivity index (χ4n) is 1.64. The van der Waals surface area contributed by atoms with Crippen molar-refractivity contribution < 1.29 is 22.7 Å². The minimum absolute atomic E-state index is 0.0157. The third-order valence-electron chi connectivity index (χ3n) is 2.61. The molecule has 1 nitrogen and oxygen atoms in total. The minimum Gasteiger partial charge on any atom is -0.383 e. The Hall–Kier alpha value is -1.59. The number of aliphatic hydroxyl groups is 1. The highest BCUT2D eigenvalue weighted by Gasteiger charge is 2.22. The van der Waals surface area contributed by atoms with Crippen LogP contribution >= 0.6 is 11.6 Å². The lowest BCUT2D eigenvalue weighted by molar-refractivity contribution is 0.212. The molecule has 1 atom stereocenters. The van der Waals surface area contributed by atoms with Crippen molar-refractivity contribution in [3.05, 3.63) is 69.8 Å². The van der Waals surface area contributed by atoms with Gasteiger partial charge in [-0.3, -0.25) is 0 Å². The van der Waals surface area contributed by atoms with Crippen LogP contribution in [0.25, 0.3) is 0 Å². The molecule has 6 heteroatoms. The van der Waals surface area contributed by atoms with E-state index in [1.807, 2.05) is 0 Å². The molecule has 0 heterocycles. The molecule has 2 aromatic rings. The van der Waals surface area contributed by atoms with Gasteiger partial charge < -0.3 is 5.11 Å². The molecule has 1 N–H and O–H groups in total. The molecular formula is C13H7ClF4O. The Morgan fingerprint density at radius 3 is 2.26 bits per heavy atom. The van der Waals surface area contributed by atoms with Crippen molar-refractivity contribution in [2.75, 3.05) is 0 Å². The molecule has 1 unspecified atom stereocenters. The predicted molar refractivity (Wildman–Crippen MR) is 61.8 cm³/mol. The first-order chi connectivity index (χ1) is 8.91. The van der Waals surface area contributed by atoms with Crippen LogP contribution in [0.4, 0.5) is 17.6 Å². The first kappa shape index (κ1) is 13.8. The average molecular weight is 291 g/mol. The van der Waals surface area contributed by atoms with E-state index in [0.29, 0.717) is 6.07 Å². The van der Waals surface area contributed by atoms with Gasteiger partial charge in [0.05, 0.1) is 0 Å². The summed E-state index contributed by atoms with van der Waals surface area (Å²) in [6.45, 7) is 0. The van der Waals surface area contributed by atoms with E-state index in [-0.39, 0.29) is 10.6 Å². The van der Waals surface area contributed by atoms with Crippen LogP contribution in [-0.2, 0) is 0 Å². The Labute approximate surface area is 111 Å². The van der Waals surface area contributed by atoms with Crippen molar-refractivity contribution in [1.82, 2.24) is 0 Å². The molecule has 0 amide bonds. The van der Waals surface area contributed by atoms with Gasteiger partial charge in [-0.25, -0.2) is 17.6 Å². The number of halogens is 5. The maximum atomic E-state index is 13.5. The highest BCUT2D eigenvalue weighted by atomic mass is 35.5. The van der Waals surface area contributed by atoms with Crippen molar-refractivity contribution in [1.29, 1.82) is 0 Å². The van der Waals surface area contributed by atoms with Crippen LogP contribution in [0.15, 0.2) is 30.3 Å². The first-order valence-corrected chi connectivity index (χ1v) is 5.56. The Balaban J connectivity index is 2.53. The summed E-state index contributed by atoms with van der Waals surface area (Å²) < 4.78 is 52.5. The molecule has 19 heavy (non-hydrogen) atoms. The quantitative estimate of drug-likeness (QED) is 0.655. The van der Waals surface area contributed by atoms with Crippen molar-refractivity contribution >= 4 is 11.6 Å². The fourth-order valence-corrected chi connectivity index (χ4v) is 1.86. The monoisotopic (exact) mass is 290 g/mol. The molecule has 0 aromatic heterocycles. The van der Waals surface area contributed by atoms with Gasteiger partial charge in [0.25, 0.3) is 0 Å². The zero-order valence-electron chi connectivity index (χ0n) is 9.30. The third-order valence-corrected chi connectivity index (χ3v) is 2.96. The summed E-state index contributed by atoms with van der Waals surface area (Å²) in [5.41, 5.74) is -0.655. The van der Waals surface area contributed by atoms with E-state index in [1.165, 1.54) is 6.07 Å². The van der Waals surface area contributed by atoms with Gasteiger partial charge in [0.15, 0.2) is 17.5 Å². The topological polar surface area (TPSA) is 20.2 Å². The molecule has 2 aromatic carbocycles. The Kier molecular flexibility index (Phi) is 3.78. The molecule has 0 radical (unpaired) electrons. The Morgan fingerprint density at radius 1 is 0.895 bits per heavy atom. The zero-order valence-corrected chi connectivity index (χ0v) is 10.1. The number of hydrogen-bond donors (Lipinski definition) is 1. The summed E-state index contributed by atoms with van der Waals surface area (Å²) >= 11 is 5.75. The van der Waals surface area contributed by atoms with E-state index in [1.54, 1.807) is 0 Å². The second-order valence-corrected chi connectivity index (χ2v) is 4.24. The highest BCUT2D eigenvalue weighted by molar-refractivity contribution is 6.31. The zero-order chi connectivity index (χ0) is 14.2. The van der Waals surface area contributed by atoms with Gasteiger partial charge >= 0.3 is 0 Å². The largest absolute Gasteiger partial charge is 0.383 e. The van der Waals surface area contributed by atoms with Gasteiger partial charge in [0, 0.05) is 16.1 Å². The summed E-state index contributed by atoms with van der Waals surface area (Å²) in [5, 5.41) is 9.90. The molecule has 0 bridgehead atoms. The molecular weight excluding hydrogens is 284 g/mol. The molecule has 0 aliphatic rings. The summed E-state index contributed by atoms with van der Waals surface area (Å²) in [7, 11) is 0. The summed E-state index contributed by atoms with van der Waals surface area (Å²) in [6.07, 6.45) is -1.70. The number of aliphatic hydroxyl groups excluding tert-OH is 1. The maximum Gasteiger partial charge on any atom is 0.194 e. The van der Waals surface area contributed by atoms with Gasteiger partial charge in [-0.15, -0.1) is 0 Å². The van der Waals surface area contributed by atoms with E-state index in [2.05, 4.69) is 0 Å². The second kappa shape index (κ2) is 5.19. The fraction of sp³-hybridized carbons (Fsp3) is 0.0769. The van der Waals surface area contributed by atoms with Crippen molar-refractivity contribution in [3.63, 3.8) is 0 Å². The van der Waals surface area contributed by atoms with Crippen LogP contribution in [0.1, 0.15) is 17.2 Å². The predicted octanol–water partition coefficient (Wildman–Crippen LogP) is 3.98. The standard InChI is InChI=1S/C13H7ClF4O/c14-9-3-1-6(15)5-8(9)13(19)7-2-4-10(16)12(18)11(7)17/h1-5,13,19H. The molecule has 100 valence electrons. The third kappa shape index (κ3) is 2.57. The summed E-state index contributed by atoms with van der Waals surface area (Å²) in [5.74, 6) is -5.31. The van der Waals surface area contributed by atoms with Crippen LogP contribution in [0.3, 0.4) is 0 Å². The molecule has 0 fully saturated rings. The lowest BCUT2D eigenvalue weighted by Crippen LogP contribution is -2.06. The summed E-state index contributed by atoms with van der Waals surface area (Å²) in [4.78, 5) is 0. The molecule has 2 rings (SSSR count). The Bertz CT molecular complexity index is 630. The van der Waals surface area contributed by atoms with Gasteiger partial charge in [-0.1, -0.05) is 17.7 Å². The van der Waals surface area contributed by atoms with Crippen LogP contribution in [0.5, 0.6) is 0 Å². The average Bonchev–Trinajstić information content (AvgIpc) is 2.38. The van der Waals surface area contributed by atoms with E-state index in [4.69, 9.17) is 11.6 Å². The lowest BCUT2D eigenvalue weighted by atomic mass is 10.0. The number of rotatable bonds is 2. The SMILES string of the molecule is OC(c1cc(F)ccc1Cl)c1ccc(F)c(F)c1F. The van der Waals surface area contributed by atoms with Gasteiger partial charge in [-0.2, -0.15) is 0 Å². The van der Waals surface area contributed by atoms with Crippen molar-refractivity contribution in [2.45, 2.75) is 6.10 Å². The molecule has 0 aliphatic heterocycles. The number of benzene rings is 2. The van der Waals surface area contributed by atoms with E-state index < -0.39 is 34.9 Å². The summed E-state index contributed by atoms with van der Waals surface area (Å²) in [6, 6.07) is 4.67. The van der Waals surface area contributed by atoms with Gasteiger partial charge in [0.2, 0.25) is 0 Å². The van der Waals surface area contributed by atoms with Crippen molar-refractivity contribution in [2.24, 2.45) is 0 Å². The second-order valence-electron chi connectivity index (χ2n) is 3.83. The molecule has 0 saturated carbocycles. The van der Waals surface area contributed by atoms with E-state index in [0.717, 1.165) is 18.2 Å². The minimum atomic E-state index is -1.70. The van der Waals surface area contributed by atoms with Crippen LogP contribution < -0.4 is 0 Å². The van der Waals surface area contributed by atoms with Crippen LogP contribution in [0, 0.1) is 23.3 Å². The van der Waals surface area contributed by atoms with Crippen LogP contribution in [0.2, 0.25) is 5.02 Å². The Morgan fingerprint density at radius 2 is 1.58 bits per heavy atom. The molecule has 0 saturated heterocycles. The van der Waals surface area contributed by atoms with Crippen LogP contribution in [-0.4, -0.2) is 5.11 Å². The highest BCUT2D eigenvalue weighted by Crippen LogP contribution is 2.31. The first-order valence-electron chi connectivity index (χ1n) is 5.18.